The van der Waals surface area contributed by atoms with Gasteiger partial charge in [0.25, 0.3) is 0 Å². The maximum atomic E-state index is 10.6. The first-order chi connectivity index (χ1) is 15.5. The molecule has 1 heterocycles. The fraction of sp³-hybridized carbons (Fsp3) is 0.320. The summed E-state index contributed by atoms with van der Waals surface area (Å²) in [5, 5.41) is 25.8. The molecule has 0 aliphatic heterocycles. The Morgan fingerprint density at radius 2 is 2.12 bits per heavy atom. The van der Waals surface area contributed by atoms with Crippen molar-refractivity contribution in [3.8, 4) is 34.4 Å². The van der Waals surface area contributed by atoms with Crippen molar-refractivity contribution in [1.29, 1.82) is 5.26 Å². The summed E-state index contributed by atoms with van der Waals surface area (Å²) < 4.78 is 11.5. The third kappa shape index (κ3) is 4.51. The highest BCUT2D eigenvalue weighted by Crippen LogP contribution is 2.39. The van der Waals surface area contributed by atoms with E-state index < -0.39 is 5.97 Å². The molecule has 0 bridgehead atoms. The van der Waals surface area contributed by atoms with Gasteiger partial charge < -0.3 is 19.7 Å². The highest BCUT2D eigenvalue weighted by molar-refractivity contribution is 5.77. The van der Waals surface area contributed by atoms with Crippen molar-refractivity contribution in [1.82, 2.24) is 10.5 Å². The van der Waals surface area contributed by atoms with Crippen molar-refractivity contribution < 1.29 is 19.2 Å². The quantitative estimate of drug-likeness (QED) is 0.511. The van der Waals surface area contributed by atoms with E-state index in [9.17, 15) is 10.1 Å². The number of carboxylic acid groups (broad SMARTS) is 1. The second-order valence-corrected chi connectivity index (χ2v) is 8.14. The highest BCUT2D eigenvalue weighted by Gasteiger charge is 2.25. The van der Waals surface area contributed by atoms with Gasteiger partial charge in [-0.05, 0) is 56.0 Å². The number of fused-ring (bicyclic) bond motifs is 3. The topological polar surface area (TPSA) is 108 Å². The number of rotatable bonds is 8. The first kappa shape index (κ1) is 21.6. The Morgan fingerprint density at radius 1 is 1.28 bits per heavy atom. The van der Waals surface area contributed by atoms with Gasteiger partial charge in [-0.15, -0.1) is 0 Å². The number of aryl methyl sites for hydroxylation is 1. The van der Waals surface area contributed by atoms with Crippen molar-refractivity contribution in [2.24, 2.45) is 0 Å². The van der Waals surface area contributed by atoms with Crippen molar-refractivity contribution in [3.05, 3.63) is 58.7 Å². The van der Waals surface area contributed by atoms with Gasteiger partial charge in [0.1, 0.15) is 17.5 Å². The number of hydrogen-bond acceptors (Lipinski definition) is 6. The van der Waals surface area contributed by atoms with E-state index >= 15 is 0 Å². The van der Waals surface area contributed by atoms with Crippen LogP contribution in [-0.2, 0) is 24.2 Å². The summed E-state index contributed by atoms with van der Waals surface area (Å²) in [6, 6.07) is 13.9. The van der Waals surface area contributed by atoms with Crippen molar-refractivity contribution in [2.75, 3.05) is 6.54 Å². The second-order valence-electron chi connectivity index (χ2n) is 8.14. The second kappa shape index (κ2) is 9.25. The van der Waals surface area contributed by atoms with E-state index in [1.54, 1.807) is 6.07 Å². The minimum atomic E-state index is -0.804. The van der Waals surface area contributed by atoms with E-state index in [1.807, 2.05) is 38.1 Å². The van der Waals surface area contributed by atoms with Gasteiger partial charge in [0, 0.05) is 29.8 Å². The summed E-state index contributed by atoms with van der Waals surface area (Å²) in [5.74, 6) is 0.452. The number of nitrogens with zero attached hydrogens (tertiary/aromatic N) is 2. The van der Waals surface area contributed by atoms with Crippen LogP contribution in [0.25, 0.3) is 22.6 Å². The minimum absolute atomic E-state index is 0.0141. The highest BCUT2D eigenvalue weighted by atomic mass is 16.5. The average Bonchev–Trinajstić information content (AvgIpc) is 3.21. The Kier molecular flexibility index (Phi) is 6.24. The molecular weight excluding hydrogens is 406 g/mol. The van der Waals surface area contributed by atoms with Crippen LogP contribution in [-0.4, -0.2) is 28.9 Å². The summed E-state index contributed by atoms with van der Waals surface area (Å²) in [6.45, 7) is 4.92. The largest absolute Gasteiger partial charge is 0.490 e. The van der Waals surface area contributed by atoms with Gasteiger partial charge in [0.2, 0.25) is 0 Å². The molecule has 1 aliphatic rings. The molecule has 7 heteroatoms. The standard InChI is InChI=1S/C25H25N3O4/c1-15(2)31-22-8-5-18(12-19(22)13-26)25-21-7-4-17-11-16(14-27-10-9-23(29)30)3-6-20(17)24(21)28-32-25/h3,5-6,8,11-12,15,27H,4,7,9-10,14H2,1-2H3,(H,29,30). The third-order valence-corrected chi connectivity index (χ3v) is 5.43. The average molecular weight is 431 g/mol. The van der Waals surface area contributed by atoms with Crippen LogP contribution >= 0.6 is 0 Å². The van der Waals surface area contributed by atoms with E-state index in [1.165, 1.54) is 5.56 Å². The Balaban J connectivity index is 1.57. The molecule has 4 rings (SSSR count). The maximum Gasteiger partial charge on any atom is 0.304 e. The zero-order valence-corrected chi connectivity index (χ0v) is 18.1. The van der Waals surface area contributed by atoms with Gasteiger partial charge in [0.05, 0.1) is 18.1 Å². The summed E-state index contributed by atoms with van der Waals surface area (Å²) in [5.41, 5.74) is 6.54. The molecule has 0 saturated heterocycles. The molecule has 1 aromatic heterocycles. The van der Waals surface area contributed by atoms with Crippen LogP contribution in [0.4, 0.5) is 0 Å². The number of carboxylic acids is 1. The van der Waals surface area contributed by atoms with E-state index in [0.29, 0.717) is 30.2 Å². The summed E-state index contributed by atoms with van der Waals surface area (Å²) in [4.78, 5) is 10.6. The number of nitrogens with one attached hydrogen (secondary N) is 1. The molecule has 164 valence electrons. The molecule has 2 aromatic carbocycles. The zero-order valence-electron chi connectivity index (χ0n) is 18.1. The van der Waals surface area contributed by atoms with Crippen LogP contribution in [0.2, 0.25) is 0 Å². The minimum Gasteiger partial charge on any atom is -0.490 e. The van der Waals surface area contributed by atoms with Crippen LogP contribution in [0, 0.1) is 11.3 Å². The number of aromatic nitrogens is 1. The summed E-state index contributed by atoms with van der Waals surface area (Å²) in [7, 11) is 0. The Bertz CT molecular complexity index is 1190. The van der Waals surface area contributed by atoms with E-state index in [-0.39, 0.29) is 12.5 Å². The van der Waals surface area contributed by atoms with Gasteiger partial charge in [-0.2, -0.15) is 5.26 Å². The van der Waals surface area contributed by atoms with Gasteiger partial charge in [0.15, 0.2) is 5.76 Å². The number of aliphatic carboxylic acids is 1. The number of carbonyl (C=O) groups is 1. The molecule has 2 N–H and O–H groups in total. The lowest BCUT2D eigenvalue weighted by Crippen LogP contribution is -2.18. The lowest BCUT2D eigenvalue weighted by Gasteiger charge is -2.17. The third-order valence-electron chi connectivity index (χ3n) is 5.43. The van der Waals surface area contributed by atoms with Gasteiger partial charge in [-0.25, -0.2) is 0 Å². The van der Waals surface area contributed by atoms with Crippen LogP contribution in [0.1, 0.15) is 42.5 Å². The summed E-state index contributed by atoms with van der Waals surface area (Å²) >= 11 is 0. The lowest BCUT2D eigenvalue weighted by atomic mass is 9.87. The molecule has 1 aliphatic carbocycles. The fourth-order valence-corrected chi connectivity index (χ4v) is 3.98. The molecule has 0 spiro atoms. The SMILES string of the molecule is CC(C)Oc1ccc(-c2onc3c2CCc2cc(CNCCC(=O)O)ccc2-3)cc1C#N. The van der Waals surface area contributed by atoms with E-state index in [0.717, 1.165) is 40.8 Å². The first-order valence-corrected chi connectivity index (χ1v) is 10.7. The number of nitriles is 1. The molecular formula is C25H25N3O4. The first-order valence-electron chi connectivity index (χ1n) is 10.7. The van der Waals surface area contributed by atoms with Crippen LogP contribution in [0.15, 0.2) is 40.9 Å². The molecule has 0 radical (unpaired) electrons. The molecule has 0 unspecified atom stereocenters. The zero-order chi connectivity index (χ0) is 22.7. The van der Waals surface area contributed by atoms with Gasteiger partial charge in [-0.1, -0.05) is 23.4 Å². The molecule has 0 amide bonds. The van der Waals surface area contributed by atoms with Gasteiger partial charge >= 0.3 is 5.97 Å². The Morgan fingerprint density at radius 3 is 2.88 bits per heavy atom. The van der Waals surface area contributed by atoms with Crippen LogP contribution in [0.5, 0.6) is 5.75 Å². The molecule has 0 atom stereocenters. The smallest absolute Gasteiger partial charge is 0.304 e. The maximum absolute atomic E-state index is 10.6. The number of ether oxygens (including phenoxy) is 1. The van der Waals surface area contributed by atoms with Crippen LogP contribution < -0.4 is 10.1 Å². The molecule has 0 fully saturated rings. The van der Waals surface area contributed by atoms with E-state index in [2.05, 4.69) is 22.6 Å². The molecule has 7 nitrogen and oxygen atoms in total. The number of hydrogen-bond donors (Lipinski definition) is 2. The lowest BCUT2D eigenvalue weighted by molar-refractivity contribution is -0.136. The Labute approximate surface area is 186 Å². The van der Waals surface area contributed by atoms with E-state index in [4.69, 9.17) is 14.4 Å². The molecule has 32 heavy (non-hydrogen) atoms. The number of benzene rings is 2. The predicted molar refractivity (Wildman–Crippen MR) is 119 cm³/mol. The Hall–Kier alpha value is -3.63. The normalized spacial score (nSPS) is 12.2. The monoisotopic (exact) mass is 431 g/mol. The summed E-state index contributed by atoms with van der Waals surface area (Å²) in [6.07, 6.45) is 1.75. The molecule has 3 aromatic rings. The predicted octanol–water partition coefficient (Wildman–Crippen LogP) is 4.33. The molecule has 0 saturated carbocycles. The van der Waals surface area contributed by atoms with Crippen molar-refractivity contribution in [3.63, 3.8) is 0 Å². The van der Waals surface area contributed by atoms with Crippen LogP contribution in [0.3, 0.4) is 0 Å². The van der Waals surface area contributed by atoms with Gasteiger partial charge in [-0.3, -0.25) is 4.79 Å². The van der Waals surface area contributed by atoms with Crippen molar-refractivity contribution >= 4 is 5.97 Å². The van der Waals surface area contributed by atoms with Crippen molar-refractivity contribution in [2.45, 2.75) is 45.8 Å². The fourth-order valence-electron chi connectivity index (χ4n) is 3.98.